The van der Waals surface area contributed by atoms with Gasteiger partial charge in [-0.25, -0.2) is 9.97 Å². The number of methoxy groups -OCH3 is 1. The third-order valence-corrected chi connectivity index (χ3v) is 3.21. The molecule has 0 aliphatic heterocycles. The highest BCUT2D eigenvalue weighted by atomic mass is 35.5. The zero-order chi connectivity index (χ0) is 12.2. The molecule has 1 heterocycles. The van der Waals surface area contributed by atoms with Gasteiger partial charge >= 0.3 is 0 Å². The van der Waals surface area contributed by atoms with Crippen molar-refractivity contribution in [2.75, 3.05) is 12.4 Å². The molecule has 0 saturated heterocycles. The van der Waals surface area contributed by atoms with Crippen molar-refractivity contribution in [3.8, 4) is 5.75 Å². The van der Waals surface area contributed by atoms with Crippen LogP contribution in [-0.2, 0) is 0 Å². The smallest absolute Gasteiger partial charge is 0.198 e. The van der Waals surface area contributed by atoms with Crippen LogP contribution in [0.3, 0.4) is 0 Å². The van der Waals surface area contributed by atoms with Gasteiger partial charge in [-0.1, -0.05) is 25.4 Å². The van der Waals surface area contributed by atoms with Gasteiger partial charge in [-0.3, -0.25) is 0 Å². The van der Waals surface area contributed by atoms with Gasteiger partial charge in [0.25, 0.3) is 0 Å². The molecule has 1 aromatic rings. The topological polar surface area (TPSA) is 47.0 Å². The Kier molecular flexibility index (Phi) is 4.35. The van der Waals surface area contributed by atoms with E-state index < -0.39 is 0 Å². The maximum absolute atomic E-state index is 5.93. The van der Waals surface area contributed by atoms with E-state index in [9.17, 15) is 0 Å². The molecule has 1 rings (SSSR count). The molecule has 0 atom stereocenters. The van der Waals surface area contributed by atoms with E-state index >= 15 is 0 Å². The first kappa shape index (κ1) is 13.0. The van der Waals surface area contributed by atoms with Gasteiger partial charge in [-0.2, -0.15) is 0 Å². The van der Waals surface area contributed by atoms with Gasteiger partial charge in [0.15, 0.2) is 16.7 Å². The van der Waals surface area contributed by atoms with Crippen molar-refractivity contribution in [2.24, 2.45) is 0 Å². The summed E-state index contributed by atoms with van der Waals surface area (Å²) in [5.74, 6) is 1.14. The van der Waals surface area contributed by atoms with Gasteiger partial charge in [0.2, 0.25) is 0 Å². The quantitative estimate of drug-likeness (QED) is 0.808. The SMILES string of the molecule is CCC(C)(CC)Nc1ncnc(Cl)c1OC. The van der Waals surface area contributed by atoms with E-state index in [1.54, 1.807) is 7.11 Å². The number of hydrogen-bond donors (Lipinski definition) is 1. The number of nitrogens with one attached hydrogen (secondary N) is 1. The first-order chi connectivity index (χ1) is 7.56. The van der Waals surface area contributed by atoms with Crippen molar-refractivity contribution in [1.29, 1.82) is 0 Å². The number of halogens is 1. The predicted octanol–water partition coefficient (Wildman–Crippen LogP) is 3.13. The molecule has 0 bridgehead atoms. The summed E-state index contributed by atoms with van der Waals surface area (Å²) in [4.78, 5) is 8.04. The fourth-order valence-electron chi connectivity index (χ4n) is 1.33. The fraction of sp³-hybridized carbons (Fsp3) is 0.636. The molecule has 0 fully saturated rings. The molecular weight excluding hydrogens is 226 g/mol. The van der Waals surface area contributed by atoms with Crippen LogP contribution in [0.25, 0.3) is 0 Å². The normalized spacial score (nSPS) is 11.3. The molecule has 16 heavy (non-hydrogen) atoms. The molecule has 5 heteroatoms. The number of nitrogens with zero attached hydrogens (tertiary/aromatic N) is 2. The molecular formula is C11H18ClN3O. The summed E-state index contributed by atoms with van der Waals surface area (Å²) in [6.45, 7) is 6.40. The summed E-state index contributed by atoms with van der Waals surface area (Å²) in [5.41, 5.74) is -0.00897. The second kappa shape index (κ2) is 5.34. The average Bonchev–Trinajstić information content (AvgIpc) is 2.29. The third-order valence-electron chi connectivity index (χ3n) is 2.95. The van der Waals surface area contributed by atoms with Crippen LogP contribution in [0.2, 0.25) is 5.15 Å². The van der Waals surface area contributed by atoms with E-state index in [0.29, 0.717) is 16.7 Å². The Morgan fingerprint density at radius 1 is 1.38 bits per heavy atom. The van der Waals surface area contributed by atoms with Gasteiger partial charge in [-0.05, 0) is 19.8 Å². The lowest BCUT2D eigenvalue weighted by atomic mass is 9.95. The van der Waals surface area contributed by atoms with Gasteiger partial charge in [0.05, 0.1) is 7.11 Å². The molecule has 0 radical (unpaired) electrons. The molecule has 0 amide bonds. The molecule has 0 unspecified atom stereocenters. The summed E-state index contributed by atoms with van der Waals surface area (Å²) in [6.07, 6.45) is 3.42. The van der Waals surface area contributed by atoms with Crippen LogP contribution >= 0.6 is 11.6 Å². The summed E-state index contributed by atoms with van der Waals surface area (Å²) in [6, 6.07) is 0. The molecule has 90 valence electrons. The predicted molar refractivity (Wildman–Crippen MR) is 66.2 cm³/mol. The molecule has 4 nitrogen and oxygen atoms in total. The van der Waals surface area contributed by atoms with Crippen molar-refractivity contribution in [3.05, 3.63) is 11.5 Å². The van der Waals surface area contributed by atoms with Crippen LogP contribution < -0.4 is 10.1 Å². The minimum absolute atomic E-state index is 0.00897. The van der Waals surface area contributed by atoms with Gasteiger partial charge in [0.1, 0.15) is 6.33 Å². The Bertz CT molecular complexity index is 353. The van der Waals surface area contributed by atoms with Crippen molar-refractivity contribution < 1.29 is 4.74 Å². The molecule has 0 aromatic carbocycles. The molecule has 1 aromatic heterocycles. The number of aromatic nitrogens is 2. The number of ether oxygens (including phenoxy) is 1. The Balaban J connectivity index is 3.01. The molecule has 1 N–H and O–H groups in total. The molecule has 0 spiro atoms. The number of anilines is 1. The van der Waals surface area contributed by atoms with E-state index in [2.05, 4.69) is 36.1 Å². The van der Waals surface area contributed by atoms with Gasteiger partial charge < -0.3 is 10.1 Å². The van der Waals surface area contributed by atoms with Crippen molar-refractivity contribution in [3.63, 3.8) is 0 Å². The Morgan fingerprint density at radius 2 is 2.00 bits per heavy atom. The van der Waals surface area contributed by atoms with Gasteiger partial charge in [-0.15, -0.1) is 0 Å². The highest BCUT2D eigenvalue weighted by Crippen LogP contribution is 2.31. The van der Waals surface area contributed by atoms with Crippen molar-refractivity contribution >= 4 is 17.4 Å². The monoisotopic (exact) mass is 243 g/mol. The highest BCUT2D eigenvalue weighted by molar-refractivity contribution is 6.31. The van der Waals surface area contributed by atoms with Crippen molar-refractivity contribution in [1.82, 2.24) is 9.97 Å². The van der Waals surface area contributed by atoms with Crippen LogP contribution in [0.15, 0.2) is 6.33 Å². The largest absolute Gasteiger partial charge is 0.490 e. The first-order valence-electron chi connectivity index (χ1n) is 5.39. The standard InChI is InChI=1S/C11H18ClN3O/c1-5-11(3,6-2)15-10-8(16-4)9(12)13-7-14-10/h7H,5-6H2,1-4H3,(H,13,14,15). The minimum Gasteiger partial charge on any atom is -0.490 e. The lowest BCUT2D eigenvalue weighted by Crippen LogP contribution is -2.33. The lowest BCUT2D eigenvalue weighted by Gasteiger charge is -2.29. The number of rotatable bonds is 5. The van der Waals surface area contributed by atoms with Crippen LogP contribution in [0, 0.1) is 0 Å². The van der Waals surface area contributed by atoms with Crippen LogP contribution in [0.1, 0.15) is 33.6 Å². The molecule has 0 aliphatic rings. The molecule has 0 saturated carbocycles. The maximum Gasteiger partial charge on any atom is 0.198 e. The summed E-state index contributed by atoms with van der Waals surface area (Å²) >= 11 is 5.93. The second-order valence-electron chi connectivity index (χ2n) is 3.94. The lowest BCUT2D eigenvalue weighted by molar-refractivity contribution is 0.407. The minimum atomic E-state index is -0.00897. The maximum atomic E-state index is 5.93. The number of hydrogen-bond acceptors (Lipinski definition) is 4. The van der Waals surface area contributed by atoms with E-state index in [4.69, 9.17) is 16.3 Å². The Hall–Kier alpha value is -1.03. The van der Waals surface area contributed by atoms with E-state index in [1.807, 2.05) is 0 Å². The van der Waals surface area contributed by atoms with Gasteiger partial charge in [0, 0.05) is 5.54 Å². The van der Waals surface area contributed by atoms with E-state index in [-0.39, 0.29) is 5.54 Å². The summed E-state index contributed by atoms with van der Waals surface area (Å²) in [7, 11) is 1.56. The fourth-order valence-corrected chi connectivity index (χ4v) is 1.55. The summed E-state index contributed by atoms with van der Waals surface area (Å²) < 4.78 is 5.19. The van der Waals surface area contributed by atoms with Crippen LogP contribution in [0.4, 0.5) is 5.82 Å². The molecule has 0 aliphatic carbocycles. The van der Waals surface area contributed by atoms with E-state index in [0.717, 1.165) is 12.8 Å². The zero-order valence-electron chi connectivity index (χ0n) is 10.2. The highest BCUT2D eigenvalue weighted by Gasteiger charge is 2.22. The van der Waals surface area contributed by atoms with Crippen LogP contribution in [0.5, 0.6) is 5.75 Å². The Morgan fingerprint density at radius 3 is 2.50 bits per heavy atom. The summed E-state index contributed by atoms with van der Waals surface area (Å²) in [5, 5.41) is 3.68. The van der Waals surface area contributed by atoms with E-state index in [1.165, 1.54) is 6.33 Å². The second-order valence-corrected chi connectivity index (χ2v) is 4.30. The zero-order valence-corrected chi connectivity index (χ0v) is 10.9. The third kappa shape index (κ3) is 2.76. The van der Waals surface area contributed by atoms with Crippen LogP contribution in [-0.4, -0.2) is 22.6 Å². The average molecular weight is 244 g/mol. The van der Waals surface area contributed by atoms with Crippen molar-refractivity contribution in [2.45, 2.75) is 39.2 Å². The first-order valence-corrected chi connectivity index (χ1v) is 5.76. The Labute approximate surface area is 101 Å².